The van der Waals surface area contributed by atoms with Crippen LogP contribution in [0.3, 0.4) is 0 Å². The molecule has 19 heavy (non-hydrogen) atoms. The van der Waals surface area contributed by atoms with Crippen LogP contribution in [0.25, 0.3) is 0 Å². The molecule has 1 fully saturated rings. The molecular weight excluding hydrogens is 272 g/mol. The second-order valence-electron chi connectivity index (χ2n) is 4.38. The van der Waals surface area contributed by atoms with Crippen LogP contribution in [-0.2, 0) is 9.84 Å². The van der Waals surface area contributed by atoms with Gasteiger partial charge in [-0.25, -0.2) is 8.42 Å². The van der Waals surface area contributed by atoms with Gasteiger partial charge in [-0.3, -0.25) is 14.9 Å². The van der Waals surface area contributed by atoms with Gasteiger partial charge in [0.1, 0.15) is 0 Å². The smallest absolute Gasteiger partial charge is 0.269 e. The van der Waals surface area contributed by atoms with Gasteiger partial charge < -0.3 is 5.32 Å². The third-order valence-corrected chi connectivity index (χ3v) is 4.68. The number of nitro groups is 1. The van der Waals surface area contributed by atoms with Crippen LogP contribution in [0.2, 0.25) is 0 Å². The fraction of sp³-hybridized carbons (Fsp3) is 0.364. The van der Waals surface area contributed by atoms with Crippen LogP contribution in [0.1, 0.15) is 16.8 Å². The second-order valence-corrected chi connectivity index (χ2v) is 6.61. The predicted molar refractivity (Wildman–Crippen MR) is 67.6 cm³/mol. The molecule has 0 spiro atoms. The molecule has 0 aliphatic carbocycles. The zero-order chi connectivity index (χ0) is 14.0. The number of carbonyl (C=O) groups is 1. The van der Waals surface area contributed by atoms with Crippen LogP contribution < -0.4 is 5.32 Å². The largest absolute Gasteiger partial charge is 0.348 e. The highest BCUT2D eigenvalue weighted by Crippen LogP contribution is 2.14. The molecule has 0 bridgehead atoms. The highest BCUT2D eigenvalue weighted by molar-refractivity contribution is 7.91. The maximum absolute atomic E-state index is 11.8. The topological polar surface area (TPSA) is 106 Å². The van der Waals surface area contributed by atoms with Crippen molar-refractivity contribution in [3.63, 3.8) is 0 Å². The highest BCUT2D eigenvalue weighted by Gasteiger charge is 2.29. The van der Waals surface area contributed by atoms with E-state index in [4.69, 9.17) is 0 Å². The van der Waals surface area contributed by atoms with E-state index in [2.05, 4.69) is 5.32 Å². The van der Waals surface area contributed by atoms with Crippen LogP contribution in [0.4, 0.5) is 5.69 Å². The number of hydrogen-bond donors (Lipinski definition) is 1. The summed E-state index contributed by atoms with van der Waals surface area (Å²) in [4.78, 5) is 21.7. The van der Waals surface area contributed by atoms with Crippen molar-refractivity contribution in [2.75, 3.05) is 11.5 Å². The summed E-state index contributed by atoms with van der Waals surface area (Å²) >= 11 is 0. The van der Waals surface area contributed by atoms with Crippen LogP contribution in [-0.4, -0.2) is 36.8 Å². The summed E-state index contributed by atoms with van der Waals surface area (Å²) in [5.41, 5.74) is 0.176. The van der Waals surface area contributed by atoms with Crippen molar-refractivity contribution in [2.24, 2.45) is 0 Å². The van der Waals surface area contributed by atoms with Crippen LogP contribution in [0.5, 0.6) is 0 Å². The van der Waals surface area contributed by atoms with Crippen molar-refractivity contribution in [3.8, 4) is 0 Å². The number of rotatable bonds is 3. The fourth-order valence-corrected chi connectivity index (χ4v) is 3.59. The van der Waals surface area contributed by atoms with Gasteiger partial charge in [-0.2, -0.15) is 0 Å². The first-order chi connectivity index (χ1) is 8.87. The lowest BCUT2D eigenvalue weighted by atomic mass is 10.1. The minimum atomic E-state index is -3.05. The third-order valence-electron chi connectivity index (χ3n) is 2.91. The van der Waals surface area contributed by atoms with Gasteiger partial charge in [0.2, 0.25) is 0 Å². The lowest BCUT2D eigenvalue weighted by Crippen LogP contribution is -2.35. The fourth-order valence-electron chi connectivity index (χ4n) is 1.91. The van der Waals surface area contributed by atoms with E-state index in [1.807, 2.05) is 0 Å². The van der Waals surface area contributed by atoms with Gasteiger partial charge in [-0.05, 0) is 18.6 Å². The number of nitrogens with zero attached hydrogens (tertiary/aromatic N) is 1. The number of carbonyl (C=O) groups excluding carboxylic acids is 1. The van der Waals surface area contributed by atoms with Crippen molar-refractivity contribution >= 4 is 21.4 Å². The van der Waals surface area contributed by atoms with Crippen molar-refractivity contribution in [1.29, 1.82) is 0 Å². The lowest BCUT2D eigenvalue weighted by molar-refractivity contribution is -0.384. The van der Waals surface area contributed by atoms with Crippen molar-refractivity contribution in [3.05, 3.63) is 39.9 Å². The number of nitro benzene ring substituents is 1. The molecule has 7 nitrogen and oxygen atoms in total. The van der Waals surface area contributed by atoms with Gasteiger partial charge in [-0.1, -0.05) is 0 Å². The van der Waals surface area contributed by atoms with E-state index in [0.717, 1.165) is 0 Å². The van der Waals surface area contributed by atoms with Gasteiger partial charge in [0.25, 0.3) is 11.6 Å². The molecule has 0 saturated carbocycles. The van der Waals surface area contributed by atoms with E-state index in [-0.39, 0.29) is 28.8 Å². The van der Waals surface area contributed by atoms with Crippen LogP contribution in [0.15, 0.2) is 24.3 Å². The molecule has 0 unspecified atom stereocenters. The standard InChI is InChI=1S/C11H12N2O5S/c14-11(12-9-5-6-19(17,18)7-9)8-1-3-10(4-2-8)13(15)16/h1-4,9H,5-7H2,(H,12,14)/t9-/m0/s1. The molecule has 1 heterocycles. The van der Waals surface area contributed by atoms with Crippen molar-refractivity contribution < 1.29 is 18.1 Å². The molecule has 1 aromatic rings. The molecule has 0 radical (unpaired) electrons. The summed E-state index contributed by atoms with van der Waals surface area (Å²) in [6, 6.07) is 4.78. The van der Waals surface area contributed by atoms with Crippen LogP contribution in [0, 0.1) is 10.1 Å². The van der Waals surface area contributed by atoms with E-state index >= 15 is 0 Å². The number of nitrogens with one attached hydrogen (secondary N) is 1. The number of sulfone groups is 1. The first kappa shape index (κ1) is 13.5. The monoisotopic (exact) mass is 284 g/mol. The third kappa shape index (κ3) is 3.28. The number of non-ortho nitro benzene ring substituents is 1. The Hall–Kier alpha value is -1.96. The van der Waals surface area contributed by atoms with Crippen molar-refractivity contribution in [2.45, 2.75) is 12.5 Å². The van der Waals surface area contributed by atoms with E-state index in [0.29, 0.717) is 6.42 Å². The van der Waals surface area contributed by atoms with Gasteiger partial charge in [0, 0.05) is 23.7 Å². The molecule has 1 atom stereocenters. The van der Waals surface area contributed by atoms with E-state index in [1.54, 1.807) is 0 Å². The average molecular weight is 284 g/mol. The molecule has 1 amide bonds. The quantitative estimate of drug-likeness (QED) is 0.643. The molecule has 1 aliphatic heterocycles. The Morgan fingerprint density at radius 1 is 1.32 bits per heavy atom. The maximum Gasteiger partial charge on any atom is 0.269 e. The molecule has 0 aromatic heterocycles. The molecule has 1 aromatic carbocycles. The Kier molecular flexibility index (Phi) is 3.52. The first-order valence-electron chi connectivity index (χ1n) is 5.63. The van der Waals surface area contributed by atoms with Gasteiger partial charge in [0.15, 0.2) is 9.84 Å². The summed E-state index contributed by atoms with van der Waals surface area (Å²) in [6.07, 6.45) is 0.404. The summed E-state index contributed by atoms with van der Waals surface area (Å²) in [6.45, 7) is 0. The Bertz CT molecular complexity index is 608. The summed E-state index contributed by atoms with van der Waals surface area (Å²) in [5, 5.41) is 13.1. The number of amides is 1. The van der Waals surface area contributed by atoms with E-state index in [1.165, 1.54) is 24.3 Å². The summed E-state index contributed by atoms with van der Waals surface area (Å²) in [7, 11) is -3.05. The van der Waals surface area contributed by atoms with E-state index in [9.17, 15) is 23.3 Å². The Labute approximate surface area is 109 Å². The Morgan fingerprint density at radius 3 is 2.42 bits per heavy atom. The van der Waals surface area contributed by atoms with Gasteiger partial charge in [-0.15, -0.1) is 0 Å². The maximum atomic E-state index is 11.8. The highest BCUT2D eigenvalue weighted by atomic mass is 32.2. The molecule has 1 saturated heterocycles. The second kappa shape index (κ2) is 4.96. The summed E-state index contributed by atoms with van der Waals surface area (Å²) in [5.74, 6) is -0.388. The predicted octanol–water partition coefficient (Wildman–Crippen LogP) is 0.512. The van der Waals surface area contributed by atoms with Gasteiger partial charge in [0.05, 0.1) is 16.4 Å². The number of hydrogen-bond acceptors (Lipinski definition) is 5. The molecule has 102 valence electrons. The molecule has 2 rings (SSSR count). The molecule has 8 heteroatoms. The minimum absolute atomic E-state index is 0.0499. The lowest BCUT2D eigenvalue weighted by Gasteiger charge is -2.10. The van der Waals surface area contributed by atoms with E-state index < -0.39 is 20.7 Å². The Balaban J connectivity index is 2.02. The summed E-state index contributed by atoms with van der Waals surface area (Å²) < 4.78 is 22.5. The average Bonchev–Trinajstić information content (AvgIpc) is 2.68. The molecular formula is C11H12N2O5S. The zero-order valence-electron chi connectivity index (χ0n) is 9.90. The number of benzene rings is 1. The van der Waals surface area contributed by atoms with Crippen LogP contribution >= 0.6 is 0 Å². The van der Waals surface area contributed by atoms with Crippen molar-refractivity contribution in [1.82, 2.24) is 5.32 Å². The van der Waals surface area contributed by atoms with Gasteiger partial charge >= 0.3 is 0 Å². The zero-order valence-corrected chi connectivity index (χ0v) is 10.7. The normalized spacial score (nSPS) is 20.9. The SMILES string of the molecule is O=C(N[C@H]1CCS(=O)(=O)C1)c1ccc([N+](=O)[O-])cc1. The molecule has 1 aliphatic rings. The Morgan fingerprint density at radius 2 is 1.95 bits per heavy atom. The first-order valence-corrected chi connectivity index (χ1v) is 7.45. The minimum Gasteiger partial charge on any atom is -0.348 e. The molecule has 1 N–H and O–H groups in total.